The second kappa shape index (κ2) is 11.5. The van der Waals surface area contributed by atoms with Gasteiger partial charge in [0.15, 0.2) is 0 Å². The molecule has 1 aliphatic heterocycles. The second-order valence-corrected chi connectivity index (χ2v) is 10.6. The molecular weight excluding hydrogens is 484 g/mol. The first kappa shape index (κ1) is 25.4. The molecule has 7 heteroatoms. The predicted molar refractivity (Wildman–Crippen MR) is 158 cm³/mol. The van der Waals surface area contributed by atoms with Crippen molar-refractivity contribution in [2.45, 2.75) is 58.4 Å². The van der Waals surface area contributed by atoms with Crippen LogP contribution in [0.4, 0.5) is 0 Å². The van der Waals surface area contributed by atoms with E-state index in [1.54, 1.807) is 6.20 Å². The Balaban J connectivity index is 1.43. The molecule has 2 aromatic carbocycles. The van der Waals surface area contributed by atoms with Crippen molar-refractivity contribution in [2.75, 3.05) is 19.6 Å². The first-order chi connectivity index (χ1) is 19.2. The number of hydrogen-bond donors (Lipinski definition) is 1. The molecule has 1 fully saturated rings. The number of aromatic nitrogens is 5. The van der Waals surface area contributed by atoms with Crippen LogP contribution in [0.15, 0.2) is 65.7 Å². The summed E-state index contributed by atoms with van der Waals surface area (Å²) in [6.45, 7) is 6.50. The van der Waals surface area contributed by atoms with E-state index in [9.17, 15) is 4.79 Å². The van der Waals surface area contributed by atoms with E-state index in [2.05, 4.69) is 62.8 Å². The summed E-state index contributed by atoms with van der Waals surface area (Å²) in [5.41, 5.74) is 7.28. The Morgan fingerprint density at radius 1 is 0.872 bits per heavy atom. The third-order valence-electron chi connectivity index (χ3n) is 7.82. The van der Waals surface area contributed by atoms with Crippen LogP contribution in [0.25, 0.3) is 44.6 Å². The lowest BCUT2D eigenvalue weighted by molar-refractivity contribution is 0.223. The quantitative estimate of drug-likeness (QED) is 0.250. The fourth-order valence-corrected chi connectivity index (χ4v) is 5.71. The lowest BCUT2D eigenvalue weighted by atomic mass is 10.0. The van der Waals surface area contributed by atoms with Crippen molar-refractivity contribution in [1.29, 1.82) is 0 Å². The number of benzene rings is 2. The first-order valence-electron chi connectivity index (χ1n) is 14.4. The summed E-state index contributed by atoms with van der Waals surface area (Å²) in [6.07, 6.45) is 11.4. The minimum absolute atomic E-state index is 0.0966. The number of pyridine rings is 1. The average molecular weight is 521 g/mol. The van der Waals surface area contributed by atoms with E-state index < -0.39 is 0 Å². The molecule has 39 heavy (non-hydrogen) atoms. The molecule has 7 nitrogen and oxygen atoms in total. The molecule has 0 aliphatic carbocycles. The van der Waals surface area contributed by atoms with Gasteiger partial charge in [0.05, 0.1) is 22.1 Å². The average Bonchev–Trinajstić information content (AvgIpc) is 3.33. The molecule has 0 spiro atoms. The maximum absolute atomic E-state index is 12.7. The van der Waals surface area contributed by atoms with Crippen LogP contribution in [0.3, 0.4) is 0 Å². The summed E-state index contributed by atoms with van der Waals surface area (Å²) < 4.78 is 2.35. The van der Waals surface area contributed by atoms with Gasteiger partial charge in [-0.3, -0.25) is 9.78 Å². The van der Waals surface area contributed by atoms with Crippen LogP contribution in [-0.4, -0.2) is 49.0 Å². The number of hydrogen-bond acceptors (Lipinski definition) is 5. The van der Waals surface area contributed by atoms with Gasteiger partial charge >= 0.3 is 0 Å². The standard InChI is InChI=1S/C32H36N6O/c1-2-3-13-26-32(39)36-27-20-29-30(21-28(27)34-26)38(18-9-17-37-15-5-4-6-16-37)31(35-29)24-11-7-10-23(19-24)25-12-8-14-33-22-25/h7-8,10-12,14,19-22H,2-6,9,13,15-18H2,1H3,(H,36,39). The molecule has 0 radical (unpaired) electrons. The first-order valence-corrected chi connectivity index (χ1v) is 14.4. The summed E-state index contributed by atoms with van der Waals surface area (Å²) in [5.74, 6) is 0.943. The number of aromatic amines is 1. The molecule has 6 rings (SSSR count). The zero-order chi connectivity index (χ0) is 26.6. The van der Waals surface area contributed by atoms with Gasteiger partial charge in [0.1, 0.15) is 11.5 Å². The molecule has 3 aromatic heterocycles. The number of H-pyrrole nitrogens is 1. The summed E-state index contributed by atoms with van der Waals surface area (Å²) >= 11 is 0. The molecule has 1 N–H and O–H groups in total. The Morgan fingerprint density at radius 2 is 1.72 bits per heavy atom. The largest absolute Gasteiger partial charge is 0.324 e. The number of nitrogens with one attached hydrogen (secondary N) is 1. The molecule has 0 bridgehead atoms. The van der Waals surface area contributed by atoms with Gasteiger partial charge in [-0.2, -0.15) is 0 Å². The number of imidazole rings is 1. The fourth-order valence-electron chi connectivity index (χ4n) is 5.71. The van der Waals surface area contributed by atoms with E-state index in [0.29, 0.717) is 12.1 Å². The molecule has 0 atom stereocenters. The zero-order valence-corrected chi connectivity index (χ0v) is 22.7. The van der Waals surface area contributed by atoms with Crippen LogP contribution in [-0.2, 0) is 13.0 Å². The Labute approximate surface area is 229 Å². The maximum atomic E-state index is 12.7. The molecule has 0 unspecified atom stereocenters. The highest BCUT2D eigenvalue weighted by Gasteiger charge is 2.17. The van der Waals surface area contributed by atoms with Crippen molar-refractivity contribution in [1.82, 2.24) is 29.4 Å². The van der Waals surface area contributed by atoms with E-state index in [4.69, 9.17) is 9.97 Å². The number of piperidine rings is 1. The summed E-state index contributed by atoms with van der Waals surface area (Å²) in [7, 11) is 0. The normalized spacial score (nSPS) is 14.4. The van der Waals surface area contributed by atoms with Crippen molar-refractivity contribution in [3.05, 3.63) is 77.0 Å². The molecule has 5 aromatic rings. The monoisotopic (exact) mass is 520 g/mol. The number of unbranched alkanes of at least 4 members (excludes halogenated alkanes) is 1. The summed E-state index contributed by atoms with van der Waals surface area (Å²) in [6, 6.07) is 16.7. The molecule has 4 heterocycles. The molecule has 1 aliphatic rings. The van der Waals surface area contributed by atoms with E-state index in [1.165, 1.54) is 32.4 Å². The van der Waals surface area contributed by atoms with Gasteiger partial charge < -0.3 is 14.5 Å². The molecular formula is C32H36N6O. The smallest absolute Gasteiger partial charge is 0.270 e. The van der Waals surface area contributed by atoms with Gasteiger partial charge in [-0.25, -0.2) is 9.97 Å². The summed E-state index contributed by atoms with van der Waals surface area (Å²) in [4.78, 5) is 32.5. The minimum atomic E-state index is -0.0966. The number of aryl methyl sites for hydroxylation is 2. The number of likely N-dealkylation sites (tertiary alicyclic amines) is 1. The SMILES string of the molecule is CCCCc1nc2cc3c(cc2[nH]c1=O)nc(-c1cccc(-c2cccnc2)c1)n3CCCN1CCCCC1. The summed E-state index contributed by atoms with van der Waals surface area (Å²) in [5, 5.41) is 0. The van der Waals surface area contributed by atoms with E-state index in [0.717, 1.165) is 76.9 Å². The third-order valence-corrected chi connectivity index (χ3v) is 7.82. The highest BCUT2D eigenvalue weighted by molar-refractivity contribution is 5.93. The Bertz CT molecular complexity index is 1630. The van der Waals surface area contributed by atoms with Crippen molar-refractivity contribution in [2.24, 2.45) is 0 Å². The van der Waals surface area contributed by atoms with Crippen molar-refractivity contribution < 1.29 is 0 Å². The topological polar surface area (TPSA) is 79.7 Å². The van der Waals surface area contributed by atoms with Crippen molar-refractivity contribution >= 4 is 22.1 Å². The van der Waals surface area contributed by atoms with Crippen LogP contribution < -0.4 is 5.56 Å². The van der Waals surface area contributed by atoms with Crippen LogP contribution in [0.1, 0.15) is 51.1 Å². The number of fused-ring (bicyclic) bond motifs is 2. The van der Waals surface area contributed by atoms with Gasteiger partial charge in [0.2, 0.25) is 0 Å². The Kier molecular flexibility index (Phi) is 7.50. The molecule has 200 valence electrons. The highest BCUT2D eigenvalue weighted by atomic mass is 16.1. The van der Waals surface area contributed by atoms with Gasteiger partial charge in [0, 0.05) is 30.1 Å². The third kappa shape index (κ3) is 5.50. The van der Waals surface area contributed by atoms with Crippen molar-refractivity contribution in [3.63, 3.8) is 0 Å². The predicted octanol–water partition coefficient (Wildman–Crippen LogP) is 6.22. The number of rotatable bonds is 9. The van der Waals surface area contributed by atoms with Gasteiger partial charge in [-0.15, -0.1) is 0 Å². The second-order valence-electron chi connectivity index (χ2n) is 10.6. The molecule has 1 saturated heterocycles. The minimum Gasteiger partial charge on any atom is -0.324 e. The lowest BCUT2D eigenvalue weighted by Gasteiger charge is -2.26. The Morgan fingerprint density at radius 3 is 2.54 bits per heavy atom. The van der Waals surface area contributed by atoms with E-state index in [1.807, 2.05) is 18.3 Å². The van der Waals surface area contributed by atoms with Crippen LogP contribution >= 0.6 is 0 Å². The van der Waals surface area contributed by atoms with E-state index in [-0.39, 0.29) is 5.56 Å². The molecule has 0 amide bonds. The lowest BCUT2D eigenvalue weighted by Crippen LogP contribution is -2.31. The Hall–Kier alpha value is -3.84. The fraction of sp³-hybridized carbons (Fsp3) is 0.375. The zero-order valence-electron chi connectivity index (χ0n) is 22.7. The van der Waals surface area contributed by atoms with Gasteiger partial charge in [-0.05, 0) is 81.6 Å². The molecule has 0 saturated carbocycles. The van der Waals surface area contributed by atoms with E-state index >= 15 is 0 Å². The number of nitrogens with zero attached hydrogens (tertiary/aromatic N) is 5. The van der Waals surface area contributed by atoms with Gasteiger partial charge in [-0.1, -0.05) is 44.0 Å². The highest BCUT2D eigenvalue weighted by Crippen LogP contribution is 2.30. The van der Waals surface area contributed by atoms with Gasteiger partial charge in [0.25, 0.3) is 5.56 Å². The van der Waals surface area contributed by atoms with Crippen molar-refractivity contribution in [3.8, 4) is 22.5 Å². The maximum Gasteiger partial charge on any atom is 0.270 e. The van der Waals surface area contributed by atoms with Crippen LogP contribution in [0.2, 0.25) is 0 Å². The van der Waals surface area contributed by atoms with Crippen LogP contribution in [0.5, 0.6) is 0 Å². The van der Waals surface area contributed by atoms with Crippen LogP contribution in [0, 0.1) is 0 Å².